The number of halogens is 1. The quantitative estimate of drug-likeness (QED) is 0.928. The van der Waals surface area contributed by atoms with Gasteiger partial charge in [0.1, 0.15) is 5.75 Å². The van der Waals surface area contributed by atoms with Crippen LogP contribution in [0.4, 0.5) is 17.3 Å². The summed E-state index contributed by atoms with van der Waals surface area (Å²) in [6.07, 6.45) is 3.12. The van der Waals surface area contributed by atoms with Crippen molar-refractivity contribution in [3.63, 3.8) is 0 Å². The molecule has 2 aromatic rings. The van der Waals surface area contributed by atoms with Gasteiger partial charge in [0.25, 0.3) is 0 Å². The number of benzene rings is 1. The smallest absolute Gasteiger partial charge is 0.227 e. The molecular weight excluding hydrogens is 314 g/mol. The zero-order valence-electron chi connectivity index (χ0n) is 13.3. The summed E-state index contributed by atoms with van der Waals surface area (Å²) in [5.41, 5.74) is 1.99. The van der Waals surface area contributed by atoms with Gasteiger partial charge in [0.2, 0.25) is 5.95 Å². The van der Waals surface area contributed by atoms with Gasteiger partial charge in [-0.25, -0.2) is 9.97 Å². The van der Waals surface area contributed by atoms with Crippen LogP contribution in [-0.4, -0.2) is 55.2 Å². The molecule has 6 nitrogen and oxygen atoms in total. The SMILES string of the molecule is COc1cc(Nc2ncc(Cl)cn2)ccc1N1CCN(C)CC1. The van der Waals surface area contributed by atoms with Crippen molar-refractivity contribution >= 4 is 28.9 Å². The highest BCUT2D eigenvalue weighted by Gasteiger charge is 2.17. The summed E-state index contributed by atoms with van der Waals surface area (Å²) in [5, 5.41) is 3.67. The van der Waals surface area contributed by atoms with Gasteiger partial charge in [0.15, 0.2) is 0 Å². The first-order valence-electron chi connectivity index (χ1n) is 7.52. The fourth-order valence-corrected chi connectivity index (χ4v) is 2.67. The maximum Gasteiger partial charge on any atom is 0.227 e. The summed E-state index contributed by atoms with van der Waals surface area (Å²) in [6, 6.07) is 6.04. The molecule has 0 saturated carbocycles. The average Bonchev–Trinajstić information content (AvgIpc) is 2.58. The molecule has 1 aromatic carbocycles. The lowest BCUT2D eigenvalue weighted by Gasteiger charge is -2.34. The number of methoxy groups -OCH3 is 1. The van der Waals surface area contributed by atoms with E-state index in [2.05, 4.69) is 38.2 Å². The van der Waals surface area contributed by atoms with E-state index in [4.69, 9.17) is 16.3 Å². The molecule has 0 spiro atoms. The first kappa shape index (κ1) is 15.8. The number of ether oxygens (including phenoxy) is 1. The minimum absolute atomic E-state index is 0.504. The highest BCUT2D eigenvalue weighted by molar-refractivity contribution is 6.30. The van der Waals surface area contributed by atoms with Crippen LogP contribution in [0, 0.1) is 0 Å². The van der Waals surface area contributed by atoms with Crippen LogP contribution in [0.5, 0.6) is 5.75 Å². The highest BCUT2D eigenvalue weighted by Crippen LogP contribution is 2.32. The molecule has 0 radical (unpaired) electrons. The fraction of sp³-hybridized carbons (Fsp3) is 0.375. The Morgan fingerprint density at radius 2 is 1.83 bits per heavy atom. The van der Waals surface area contributed by atoms with Gasteiger partial charge in [-0.05, 0) is 19.2 Å². The molecule has 1 aromatic heterocycles. The summed E-state index contributed by atoms with van der Waals surface area (Å²) in [4.78, 5) is 13.0. The molecule has 0 bridgehead atoms. The number of nitrogens with one attached hydrogen (secondary N) is 1. The van der Waals surface area contributed by atoms with Gasteiger partial charge in [-0.15, -0.1) is 0 Å². The minimum Gasteiger partial charge on any atom is -0.495 e. The lowest BCUT2D eigenvalue weighted by atomic mass is 10.2. The molecule has 1 fully saturated rings. The van der Waals surface area contributed by atoms with E-state index < -0.39 is 0 Å². The Hall–Kier alpha value is -2.05. The van der Waals surface area contributed by atoms with Crippen molar-refractivity contribution in [3.05, 3.63) is 35.6 Å². The molecule has 1 aliphatic heterocycles. The zero-order chi connectivity index (χ0) is 16.2. The van der Waals surface area contributed by atoms with Crippen LogP contribution in [0.15, 0.2) is 30.6 Å². The molecule has 1 N–H and O–H groups in total. The normalized spacial score (nSPS) is 15.5. The summed E-state index contributed by atoms with van der Waals surface area (Å²) >= 11 is 5.80. The number of piperazine rings is 1. The van der Waals surface area contributed by atoms with Crippen LogP contribution in [-0.2, 0) is 0 Å². The molecule has 122 valence electrons. The Balaban J connectivity index is 1.77. The summed E-state index contributed by atoms with van der Waals surface area (Å²) < 4.78 is 5.57. The predicted molar refractivity (Wildman–Crippen MR) is 93.0 cm³/mol. The zero-order valence-corrected chi connectivity index (χ0v) is 14.0. The van der Waals surface area contributed by atoms with Crippen LogP contribution in [0.1, 0.15) is 0 Å². The van der Waals surface area contributed by atoms with E-state index in [1.54, 1.807) is 19.5 Å². The van der Waals surface area contributed by atoms with E-state index in [1.165, 1.54) is 0 Å². The van der Waals surface area contributed by atoms with E-state index in [-0.39, 0.29) is 0 Å². The van der Waals surface area contributed by atoms with Crippen LogP contribution in [0.25, 0.3) is 0 Å². The van der Waals surface area contributed by atoms with E-state index in [9.17, 15) is 0 Å². The van der Waals surface area contributed by atoms with Crippen molar-refractivity contribution < 1.29 is 4.74 Å². The molecule has 23 heavy (non-hydrogen) atoms. The van der Waals surface area contributed by atoms with Gasteiger partial charge in [0, 0.05) is 37.9 Å². The van der Waals surface area contributed by atoms with E-state index in [1.807, 2.05) is 12.1 Å². The third-order valence-electron chi connectivity index (χ3n) is 3.90. The first-order valence-corrected chi connectivity index (χ1v) is 7.89. The standard InChI is InChI=1S/C16H20ClN5O/c1-21-5-7-22(8-6-21)14-4-3-13(9-15(14)23-2)20-16-18-10-12(17)11-19-16/h3-4,9-11H,5-8H2,1-2H3,(H,18,19,20). The fourth-order valence-electron chi connectivity index (χ4n) is 2.57. The average molecular weight is 334 g/mol. The summed E-state index contributed by atoms with van der Waals surface area (Å²) in [6.45, 7) is 4.11. The molecule has 1 aliphatic rings. The Morgan fingerprint density at radius 1 is 1.13 bits per heavy atom. The Morgan fingerprint density at radius 3 is 2.48 bits per heavy atom. The van der Waals surface area contributed by atoms with E-state index in [0.29, 0.717) is 11.0 Å². The second-order valence-electron chi connectivity index (χ2n) is 5.53. The third kappa shape index (κ3) is 3.83. The largest absolute Gasteiger partial charge is 0.495 e. The molecule has 7 heteroatoms. The predicted octanol–water partition coefficient (Wildman–Crippen LogP) is 2.63. The van der Waals surface area contributed by atoms with Crippen LogP contribution >= 0.6 is 11.6 Å². The second kappa shape index (κ2) is 7.02. The lowest BCUT2D eigenvalue weighted by molar-refractivity contribution is 0.311. The number of likely N-dealkylation sites (N-methyl/N-ethyl adjacent to an activating group) is 1. The molecule has 0 aliphatic carbocycles. The van der Waals surface area contributed by atoms with E-state index in [0.717, 1.165) is 43.3 Å². The van der Waals surface area contributed by atoms with Crippen LogP contribution < -0.4 is 15.0 Å². The summed E-state index contributed by atoms with van der Waals surface area (Å²) in [7, 11) is 3.84. The molecular formula is C16H20ClN5O. The second-order valence-corrected chi connectivity index (χ2v) is 5.96. The number of rotatable bonds is 4. The molecule has 2 heterocycles. The van der Waals surface area contributed by atoms with Crippen molar-refractivity contribution in [2.75, 3.05) is 50.6 Å². The number of aromatic nitrogens is 2. The van der Waals surface area contributed by atoms with Gasteiger partial charge in [-0.2, -0.15) is 0 Å². The number of nitrogens with zero attached hydrogens (tertiary/aromatic N) is 4. The molecule has 1 saturated heterocycles. The Bertz CT molecular complexity index is 656. The van der Waals surface area contributed by atoms with Gasteiger partial charge < -0.3 is 19.9 Å². The van der Waals surface area contributed by atoms with Crippen molar-refractivity contribution in [2.24, 2.45) is 0 Å². The van der Waals surface area contributed by atoms with Crippen molar-refractivity contribution in [1.29, 1.82) is 0 Å². The Labute approximate surface area is 141 Å². The number of anilines is 3. The van der Waals surface area contributed by atoms with E-state index >= 15 is 0 Å². The highest BCUT2D eigenvalue weighted by atomic mass is 35.5. The lowest BCUT2D eigenvalue weighted by Crippen LogP contribution is -2.44. The maximum absolute atomic E-state index is 5.80. The molecule has 3 rings (SSSR count). The van der Waals surface area contributed by atoms with Crippen molar-refractivity contribution in [3.8, 4) is 5.75 Å². The number of hydrogen-bond donors (Lipinski definition) is 1. The third-order valence-corrected chi connectivity index (χ3v) is 4.10. The number of hydrogen-bond acceptors (Lipinski definition) is 6. The first-order chi connectivity index (χ1) is 11.2. The van der Waals surface area contributed by atoms with Gasteiger partial charge in [-0.3, -0.25) is 0 Å². The van der Waals surface area contributed by atoms with Crippen LogP contribution in [0.2, 0.25) is 5.02 Å². The summed E-state index contributed by atoms with van der Waals surface area (Å²) in [5.74, 6) is 1.34. The molecule has 0 amide bonds. The van der Waals surface area contributed by atoms with Crippen molar-refractivity contribution in [2.45, 2.75) is 0 Å². The van der Waals surface area contributed by atoms with Gasteiger partial charge in [-0.1, -0.05) is 11.6 Å². The molecule has 0 unspecified atom stereocenters. The minimum atomic E-state index is 0.504. The van der Waals surface area contributed by atoms with Gasteiger partial charge >= 0.3 is 0 Å². The van der Waals surface area contributed by atoms with Gasteiger partial charge in [0.05, 0.1) is 30.2 Å². The topological polar surface area (TPSA) is 53.5 Å². The maximum atomic E-state index is 5.80. The molecule has 0 atom stereocenters. The van der Waals surface area contributed by atoms with Crippen LogP contribution in [0.3, 0.4) is 0 Å². The monoisotopic (exact) mass is 333 g/mol. The van der Waals surface area contributed by atoms with Crippen molar-refractivity contribution in [1.82, 2.24) is 14.9 Å². The Kier molecular flexibility index (Phi) is 4.83.